The van der Waals surface area contributed by atoms with E-state index in [2.05, 4.69) is 4.72 Å². The molecular formula is C15H17N3O4S2. The third-order valence-electron chi connectivity index (χ3n) is 4.16. The number of sulfonamides is 1. The second kappa shape index (κ2) is 6.50. The van der Waals surface area contributed by atoms with Gasteiger partial charge in [0.15, 0.2) is 0 Å². The number of nitrogens with one attached hydrogen (secondary N) is 1. The standard InChI is InChI=1S/C15H17N3O4S2/c1-16-24(21,22)11-6-7-12(14(10-11)18(19)20)17-8-2-4-13(17)15-5-3-9-23-15/h3,5-7,9-10,13,16H,2,4,8H2,1H3/t13-/m0/s1. The number of anilines is 1. The van der Waals surface area contributed by atoms with Crippen LogP contribution >= 0.6 is 11.3 Å². The van der Waals surface area contributed by atoms with Crippen molar-refractivity contribution in [3.8, 4) is 0 Å². The molecule has 2 heterocycles. The Kier molecular flexibility index (Phi) is 4.57. The van der Waals surface area contributed by atoms with Gasteiger partial charge >= 0.3 is 0 Å². The molecule has 2 aromatic rings. The van der Waals surface area contributed by atoms with E-state index in [1.54, 1.807) is 11.3 Å². The molecule has 0 amide bonds. The van der Waals surface area contributed by atoms with Gasteiger partial charge in [-0.25, -0.2) is 13.1 Å². The molecule has 0 radical (unpaired) electrons. The summed E-state index contributed by atoms with van der Waals surface area (Å²) in [6, 6.07) is 8.17. The number of nitro benzene ring substituents is 1. The Morgan fingerprint density at radius 2 is 2.17 bits per heavy atom. The third kappa shape index (κ3) is 3.02. The highest BCUT2D eigenvalue weighted by Crippen LogP contribution is 2.42. The number of nitro groups is 1. The highest BCUT2D eigenvalue weighted by atomic mass is 32.2. The lowest BCUT2D eigenvalue weighted by atomic mass is 10.1. The first kappa shape index (κ1) is 16.9. The lowest BCUT2D eigenvalue weighted by Gasteiger charge is -2.26. The summed E-state index contributed by atoms with van der Waals surface area (Å²) in [5.74, 6) is 0. The van der Waals surface area contributed by atoms with Gasteiger partial charge in [0.25, 0.3) is 5.69 Å². The van der Waals surface area contributed by atoms with Crippen molar-refractivity contribution in [2.75, 3.05) is 18.5 Å². The molecule has 1 N–H and O–H groups in total. The van der Waals surface area contributed by atoms with Crippen LogP contribution in [0.4, 0.5) is 11.4 Å². The lowest BCUT2D eigenvalue weighted by Crippen LogP contribution is -2.23. The predicted molar refractivity (Wildman–Crippen MR) is 93.0 cm³/mol. The fourth-order valence-electron chi connectivity index (χ4n) is 3.01. The molecule has 24 heavy (non-hydrogen) atoms. The van der Waals surface area contributed by atoms with Crippen LogP contribution in [0.25, 0.3) is 0 Å². The van der Waals surface area contributed by atoms with Crippen molar-refractivity contribution in [3.63, 3.8) is 0 Å². The van der Waals surface area contributed by atoms with Crippen molar-refractivity contribution in [3.05, 3.63) is 50.7 Å². The maximum atomic E-state index is 11.9. The van der Waals surface area contributed by atoms with Gasteiger partial charge in [0.2, 0.25) is 10.0 Å². The van der Waals surface area contributed by atoms with Crippen LogP contribution in [0, 0.1) is 10.1 Å². The highest BCUT2D eigenvalue weighted by molar-refractivity contribution is 7.89. The summed E-state index contributed by atoms with van der Waals surface area (Å²) < 4.78 is 26.0. The number of thiophene rings is 1. The van der Waals surface area contributed by atoms with Crippen LogP contribution < -0.4 is 9.62 Å². The molecule has 0 spiro atoms. The minimum atomic E-state index is -3.72. The van der Waals surface area contributed by atoms with Crippen molar-refractivity contribution in [1.29, 1.82) is 0 Å². The summed E-state index contributed by atoms with van der Waals surface area (Å²) in [4.78, 5) is 14.0. The molecule has 1 aromatic carbocycles. The predicted octanol–water partition coefficient (Wildman–Crippen LogP) is 2.91. The van der Waals surface area contributed by atoms with Crippen molar-refractivity contribution in [2.24, 2.45) is 0 Å². The molecule has 128 valence electrons. The zero-order chi connectivity index (χ0) is 17.3. The summed E-state index contributed by atoms with van der Waals surface area (Å²) in [5.41, 5.74) is 0.278. The minimum absolute atomic E-state index is 0.0930. The number of nitrogens with zero attached hydrogens (tertiary/aromatic N) is 2. The molecular weight excluding hydrogens is 350 g/mol. The van der Waals surface area contributed by atoms with Gasteiger partial charge < -0.3 is 4.90 Å². The molecule has 0 saturated carbocycles. The Hall–Kier alpha value is -1.97. The maximum Gasteiger partial charge on any atom is 0.293 e. The summed E-state index contributed by atoms with van der Waals surface area (Å²) in [6.07, 6.45) is 1.87. The normalized spacial score (nSPS) is 18.0. The Balaban J connectivity index is 2.06. The van der Waals surface area contributed by atoms with Gasteiger partial charge in [0, 0.05) is 17.5 Å². The van der Waals surface area contributed by atoms with Crippen LogP contribution in [-0.4, -0.2) is 26.9 Å². The van der Waals surface area contributed by atoms with Crippen molar-refractivity contribution < 1.29 is 13.3 Å². The van der Waals surface area contributed by atoms with Gasteiger partial charge in [-0.2, -0.15) is 0 Å². The van der Waals surface area contributed by atoms with Crippen LogP contribution in [0.2, 0.25) is 0 Å². The average molecular weight is 367 g/mol. The first-order chi connectivity index (χ1) is 11.4. The molecule has 1 aromatic heterocycles. The first-order valence-electron chi connectivity index (χ1n) is 7.46. The van der Waals surface area contributed by atoms with E-state index in [0.29, 0.717) is 12.2 Å². The van der Waals surface area contributed by atoms with E-state index in [4.69, 9.17) is 0 Å². The van der Waals surface area contributed by atoms with E-state index in [9.17, 15) is 18.5 Å². The molecule has 3 rings (SSSR count). The van der Waals surface area contributed by atoms with Crippen LogP contribution in [0.1, 0.15) is 23.8 Å². The molecule has 1 aliphatic heterocycles. The van der Waals surface area contributed by atoms with Crippen molar-refractivity contribution >= 4 is 32.7 Å². The quantitative estimate of drug-likeness (QED) is 0.648. The summed E-state index contributed by atoms with van der Waals surface area (Å²) in [5, 5.41) is 13.5. The monoisotopic (exact) mass is 367 g/mol. The van der Waals surface area contributed by atoms with Gasteiger partial charge in [-0.05, 0) is 43.5 Å². The van der Waals surface area contributed by atoms with Gasteiger partial charge in [-0.3, -0.25) is 10.1 Å². The lowest BCUT2D eigenvalue weighted by molar-refractivity contribution is -0.384. The molecule has 0 bridgehead atoms. The molecule has 1 atom stereocenters. The van der Waals surface area contributed by atoms with E-state index in [0.717, 1.165) is 23.8 Å². The SMILES string of the molecule is CNS(=O)(=O)c1ccc(N2CCC[C@H]2c2cccs2)c([N+](=O)[O-])c1. The molecule has 1 saturated heterocycles. The van der Waals surface area contributed by atoms with Crippen LogP contribution in [0.3, 0.4) is 0 Å². The Morgan fingerprint density at radius 1 is 1.38 bits per heavy atom. The number of hydrogen-bond donors (Lipinski definition) is 1. The molecule has 9 heteroatoms. The Morgan fingerprint density at radius 3 is 2.79 bits per heavy atom. The molecule has 0 unspecified atom stereocenters. The number of hydrogen-bond acceptors (Lipinski definition) is 6. The fourth-order valence-corrected chi connectivity index (χ4v) is 4.63. The van der Waals surface area contributed by atoms with E-state index in [1.165, 1.54) is 19.2 Å². The highest BCUT2D eigenvalue weighted by Gasteiger charge is 2.32. The van der Waals surface area contributed by atoms with E-state index >= 15 is 0 Å². The second-order valence-corrected chi connectivity index (χ2v) is 8.35. The van der Waals surface area contributed by atoms with Gasteiger partial charge in [0.1, 0.15) is 5.69 Å². The molecule has 0 aliphatic carbocycles. The zero-order valence-electron chi connectivity index (χ0n) is 13.0. The molecule has 7 nitrogen and oxygen atoms in total. The minimum Gasteiger partial charge on any atom is -0.358 e. The maximum absolute atomic E-state index is 11.9. The van der Waals surface area contributed by atoms with Crippen LogP contribution in [-0.2, 0) is 10.0 Å². The molecule has 1 fully saturated rings. The second-order valence-electron chi connectivity index (χ2n) is 5.48. The van der Waals surface area contributed by atoms with Crippen molar-refractivity contribution in [1.82, 2.24) is 4.72 Å². The van der Waals surface area contributed by atoms with Crippen LogP contribution in [0.15, 0.2) is 40.6 Å². The first-order valence-corrected chi connectivity index (χ1v) is 9.82. The van der Waals surface area contributed by atoms with Gasteiger partial charge in [-0.1, -0.05) is 6.07 Å². The largest absolute Gasteiger partial charge is 0.358 e. The van der Waals surface area contributed by atoms with Crippen molar-refractivity contribution in [2.45, 2.75) is 23.8 Å². The Labute approximate surface area is 144 Å². The van der Waals surface area contributed by atoms with Gasteiger partial charge in [0.05, 0.1) is 15.9 Å². The number of benzene rings is 1. The van der Waals surface area contributed by atoms with E-state index in [-0.39, 0.29) is 16.6 Å². The summed E-state index contributed by atoms with van der Waals surface area (Å²) >= 11 is 1.63. The van der Waals surface area contributed by atoms with Gasteiger partial charge in [-0.15, -0.1) is 11.3 Å². The van der Waals surface area contributed by atoms with E-state index in [1.807, 2.05) is 22.4 Å². The number of rotatable bonds is 5. The summed E-state index contributed by atoms with van der Waals surface area (Å²) in [6.45, 7) is 0.710. The smallest absolute Gasteiger partial charge is 0.293 e. The summed E-state index contributed by atoms with van der Waals surface area (Å²) in [7, 11) is -2.44. The topological polar surface area (TPSA) is 92.6 Å². The Bertz CT molecular complexity index is 850. The third-order valence-corrected chi connectivity index (χ3v) is 6.54. The van der Waals surface area contributed by atoms with Crippen LogP contribution in [0.5, 0.6) is 0 Å². The van der Waals surface area contributed by atoms with E-state index < -0.39 is 14.9 Å². The molecule has 1 aliphatic rings. The average Bonchev–Trinajstić information content (AvgIpc) is 3.24. The zero-order valence-corrected chi connectivity index (χ0v) is 14.6. The fraction of sp³-hybridized carbons (Fsp3) is 0.333.